The lowest BCUT2D eigenvalue weighted by atomic mass is 9.96. The molecule has 2 atom stereocenters. The number of esters is 2. The first-order valence-electron chi connectivity index (χ1n) is 18.8. The molecule has 14 heteroatoms. The van der Waals surface area contributed by atoms with E-state index in [1.54, 1.807) is 24.3 Å². The lowest BCUT2D eigenvalue weighted by Crippen LogP contribution is -2.51. The lowest BCUT2D eigenvalue weighted by molar-refractivity contribution is -0.212. The molecule has 6 aromatic rings. The van der Waals surface area contributed by atoms with E-state index in [0.717, 1.165) is 70.1 Å². The molecule has 0 bridgehead atoms. The molecule has 60 heavy (non-hydrogen) atoms. The fourth-order valence-corrected chi connectivity index (χ4v) is 7.13. The minimum absolute atomic E-state index is 0.0910. The fourth-order valence-electron chi connectivity index (χ4n) is 7.13. The van der Waals surface area contributed by atoms with Gasteiger partial charge in [0.25, 0.3) is 0 Å². The first-order chi connectivity index (χ1) is 28.4. The van der Waals surface area contributed by atoms with Crippen LogP contribution in [-0.2, 0) is 42.9 Å². The first-order valence-corrected chi connectivity index (χ1v) is 18.8. The molecule has 6 rings (SSSR count). The summed E-state index contributed by atoms with van der Waals surface area (Å²) in [6, 6.07) is 33.7. The quantitative estimate of drug-likeness (QED) is 0.0465. The third kappa shape index (κ3) is 9.35. The van der Waals surface area contributed by atoms with Gasteiger partial charge in [-0.05, 0) is 75.4 Å². The number of halogens is 6. The number of hydrogen-bond acceptors (Lipinski definition) is 8. The van der Waals surface area contributed by atoms with Gasteiger partial charge >= 0.3 is 24.3 Å². The Morgan fingerprint density at radius 3 is 1.10 bits per heavy atom. The van der Waals surface area contributed by atoms with E-state index in [1.165, 1.54) is 38.0 Å². The maximum atomic E-state index is 14.1. The third-order valence-corrected chi connectivity index (χ3v) is 10.4. The molecule has 0 radical (unpaired) electrons. The number of rotatable bonds is 14. The highest BCUT2D eigenvalue weighted by molar-refractivity contribution is 6.30. The molecule has 0 aliphatic carbocycles. The Labute approximate surface area is 342 Å². The van der Waals surface area contributed by atoms with Gasteiger partial charge in [0, 0.05) is 34.7 Å². The highest BCUT2D eigenvalue weighted by Gasteiger charge is 2.46. The number of carbonyl (C=O) groups excluding carboxylic acids is 2. The summed E-state index contributed by atoms with van der Waals surface area (Å²) >= 11 is 0. The summed E-state index contributed by atoms with van der Waals surface area (Å²) in [4.78, 5) is 31.0. The van der Waals surface area contributed by atoms with E-state index in [0.29, 0.717) is 11.5 Å². The van der Waals surface area contributed by atoms with Gasteiger partial charge in [-0.25, -0.2) is 9.59 Å². The van der Waals surface area contributed by atoms with Crippen LogP contribution in [0.15, 0.2) is 133 Å². The Morgan fingerprint density at radius 1 is 0.450 bits per heavy atom. The highest BCUT2D eigenvalue weighted by Crippen LogP contribution is 2.39. The second-order valence-electron chi connectivity index (χ2n) is 14.4. The molecule has 6 aromatic carbocycles. The van der Waals surface area contributed by atoms with Gasteiger partial charge in [0.15, 0.2) is 11.4 Å². The summed E-state index contributed by atoms with van der Waals surface area (Å²) in [5.41, 5.74) is -5.50. The maximum Gasteiger partial charge on any atom is 0.419 e. The van der Waals surface area contributed by atoms with Crippen molar-refractivity contribution in [2.75, 3.05) is 41.4 Å². The molecule has 8 nitrogen and oxygen atoms in total. The van der Waals surface area contributed by atoms with Crippen molar-refractivity contribution in [3.8, 4) is 11.5 Å². The van der Waals surface area contributed by atoms with Crippen molar-refractivity contribution in [3.05, 3.63) is 156 Å². The molecule has 0 aromatic heterocycles. The number of hydrogen-bond donors (Lipinski definition) is 0. The van der Waals surface area contributed by atoms with E-state index >= 15 is 0 Å². The molecule has 0 spiro atoms. The van der Waals surface area contributed by atoms with Crippen molar-refractivity contribution in [2.45, 2.75) is 36.6 Å². The number of carbonyl (C=O) groups is 2. The Hall–Kier alpha value is -6.12. The standard InChI is InChI=1S/C46H42F6N2O6/c1-53(2)43(33-19-23-35(24-20-33)45(47,48)49,27-29-57-39-17-9-13-31-11-5-7-15-37(31)39)59-41(55)42(56)60-44(54(3)4,34-21-25-36(26-22-34)46(50,51)52)28-30-58-40-18-10-14-32-12-6-8-16-38(32)40/h5-26H,27-30H2,1-4H3. The molecule has 0 amide bonds. The van der Waals surface area contributed by atoms with Crippen molar-refractivity contribution in [1.82, 2.24) is 9.80 Å². The van der Waals surface area contributed by atoms with Crippen molar-refractivity contribution < 1.29 is 54.9 Å². The summed E-state index contributed by atoms with van der Waals surface area (Å²) in [5, 5.41) is 3.37. The number of benzene rings is 6. The minimum atomic E-state index is -4.66. The SMILES string of the molecule is CN(C)C(CCOc1cccc2ccccc12)(OC(=O)C(=O)OC(CCOc1cccc2ccccc12)(c1ccc(C(F)(F)F)cc1)N(C)C)c1ccc(C(F)(F)F)cc1. The molecular formula is C46H42F6N2O6. The molecule has 0 N–H and O–H groups in total. The lowest BCUT2D eigenvalue weighted by Gasteiger charge is -2.41. The first kappa shape index (κ1) is 43.5. The van der Waals surface area contributed by atoms with Crippen LogP contribution in [0.2, 0.25) is 0 Å². The summed E-state index contributed by atoms with van der Waals surface area (Å²) in [6.45, 7) is -0.261. The van der Waals surface area contributed by atoms with Crippen LogP contribution in [0.4, 0.5) is 26.3 Å². The zero-order valence-electron chi connectivity index (χ0n) is 33.1. The summed E-state index contributed by atoms with van der Waals surface area (Å²) < 4.78 is 106. The predicted molar refractivity (Wildman–Crippen MR) is 214 cm³/mol. The molecule has 0 aliphatic rings. The summed E-state index contributed by atoms with van der Waals surface area (Å²) in [6.07, 6.45) is -9.68. The smallest absolute Gasteiger partial charge is 0.419 e. The van der Waals surface area contributed by atoms with E-state index in [1.807, 2.05) is 60.7 Å². The van der Waals surface area contributed by atoms with Crippen LogP contribution in [0.1, 0.15) is 35.1 Å². The van der Waals surface area contributed by atoms with Crippen molar-refractivity contribution in [2.24, 2.45) is 0 Å². The monoisotopic (exact) mass is 832 g/mol. The van der Waals surface area contributed by atoms with Crippen LogP contribution < -0.4 is 9.47 Å². The Balaban J connectivity index is 1.33. The second kappa shape index (κ2) is 17.6. The van der Waals surface area contributed by atoms with Crippen molar-refractivity contribution in [3.63, 3.8) is 0 Å². The van der Waals surface area contributed by atoms with Gasteiger partial charge in [0.1, 0.15) is 11.5 Å². The number of alkyl halides is 6. The normalized spacial score (nSPS) is 14.1. The van der Waals surface area contributed by atoms with Crippen LogP contribution in [0.5, 0.6) is 11.5 Å². The second-order valence-corrected chi connectivity index (χ2v) is 14.4. The van der Waals surface area contributed by atoms with Gasteiger partial charge in [-0.1, -0.05) is 97.1 Å². The van der Waals surface area contributed by atoms with Gasteiger partial charge in [-0.15, -0.1) is 0 Å². The molecule has 0 aliphatic heterocycles. The predicted octanol–water partition coefficient (Wildman–Crippen LogP) is 10.2. The highest BCUT2D eigenvalue weighted by atomic mass is 19.4. The average molecular weight is 833 g/mol. The Morgan fingerprint density at radius 2 is 0.767 bits per heavy atom. The van der Waals surface area contributed by atoms with Gasteiger partial charge in [-0.3, -0.25) is 9.80 Å². The third-order valence-electron chi connectivity index (χ3n) is 10.4. The molecule has 314 valence electrons. The van der Waals surface area contributed by atoms with Crippen LogP contribution >= 0.6 is 0 Å². The van der Waals surface area contributed by atoms with Gasteiger partial charge in [0.2, 0.25) is 0 Å². The number of ether oxygens (including phenoxy) is 4. The molecule has 0 heterocycles. The molecule has 2 unspecified atom stereocenters. The Kier molecular flexibility index (Phi) is 12.8. The maximum absolute atomic E-state index is 14.1. The van der Waals surface area contributed by atoms with Crippen LogP contribution in [0.3, 0.4) is 0 Å². The molecule has 0 saturated carbocycles. The number of fused-ring (bicyclic) bond motifs is 2. The van der Waals surface area contributed by atoms with Crippen molar-refractivity contribution in [1.29, 1.82) is 0 Å². The van der Waals surface area contributed by atoms with E-state index in [-0.39, 0.29) is 37.2 Å². The van der Waals surface area contributed by atoms with Crippen LogP contribution in [0, 0.1) is 0 Å². The molecular weight excluding hydrogens is 791 g/mol. The topological polar surface area (TPSA) is 77.5 Å². The van der Waals surface area contributed by atoms with Crippen molar-refractivity contribution >= 4 is 33.5 Å². The van der Waals surface area contributed by atoms with Gasteiger partial charge < -0.3 is 18.9 Å². The van der Waals surface area contributed by atoms with Crippen LogP contribution in [0.25, 0.3) is 21.5 Å². The fraction of sp³-hybridized carbons (Fsp3) is 0.261. The average Bonchev–Trinajstić information content (AvgIpc) is 3.22. The van der Waals surface area contributed by atoms with Crippen LogP contribution in [-0.4, -0.2) is 63.1 Å². The summed E-state index contributed by atoms with van der Waals surface area (Å²) in [7, 11) is 6.08. The van der Waals surface area contributed by atoms with E-state index < -0.39 is 46.9 Å². The zero-order valence-corrected chi connectivity index (χ0v) is 33.1. The van der Waals surface area contributed by atoms with E-state index in [2.05, 4.69) is 0 Å². The van der Waals surface area contributed by atoms with Gasteiger partial charge in [-0.2, -0.15) is 26.3 Å². The minimum Gasteiger partial charge on any atom is -0.493 e. The van der Waals surface area contributed by atoms with E-state index in [9.17, 15) is 35.9 Å². The van der Waals surface area contributed by atoms with Gasteiger partial charge in [0.05, 0.1) is 24.3 Å². The Bertz CT molecular complexity index is 2260. The molecule has 0 fully saturated rings. The molecule has 0 saturated heterocycles. The number of nitrogens with zero attached hydrogens (tertiary/aromatic N) is 2. The van der Waals surface area contributed by atoms with E-state index in [4.69, 9.17) is 18.9 Å². The zero-order chi connectivity index (χ0) is 43.3. The summed E-state index contributed by atoms with van der Waals surface area (Å²) in [5.74, 6) is -2.06. The largest absolute Gasteiger partial charge is 0.493 e.